The zero-order valence-corrected chi connectivity index (χ0v) is 9.48. The third kappa shape index (κ3) is 1.69. The highest BCUT2D eigenvalue weighted by atomic mass is 32.1. The Labute approximate surface area is 94.2 Å². The van der Waals surface area contributed by atoms with Crippen molar-refractivity contribution >= 4 is 22.3 Å². The van der Waals surface area contributed by atoms with Gasteiger partial charge in [-0.25, -0.2) is 4.98 Å². The fraction of sp³-hybridized carbons (Fsp3) is 0.333. The molecule has 0 saturated heterocycles. The van der Waals surface area contributed by atoms with Crippen molar-refractivity contribution in [2.45, 2.75) is 19.8 Å². The van der Waals surface area contributed by atoms with Gasteiger partial charge in [0, 0.05) is 11.8 Å². The molecule has 2 heterocycles. The van der Waals surface area contributed by atoms with Gasteiger partial charge in [-0.05, 0) is 13.8 Å². The summed E-state index contributed by atoms with van der Waals surface area (Å²) in [5.41, 5.74) is 0.311. The van der Waals surface area contributed by atoms with Gasteiger partial charge in [0.2, 0.25) is 4.96 Å². The molecule has 16 heavy (non-hydrogen) atoms. The van der Waals surface area contributed by atoms with Crippen LogP contribution in [0.25, 0.3) is 4.96 Å². The van der Waals surface area contributed by atoms with Crippen molar-refractivity contribution in [1.82, 2.24) is 14.6 Å². The number of carbonyl (C=O) groups is 1. The molecule has 0 aromatic carbocycles. The first-order valence-electron chi connectivity index (χ1n) is 4.59. The van der Waals surface area contributed by atoms with E-state index >= 15 is 0 Å². The van der Waals surface area contributed by atoms with E-state index in [1.807, 2.05) is 0 Å². The van der Waals surface area contributed by atoms with Crippen LogP contribution in [0.3, 0.4) is 0 Å². The highest BCUT2D eigenvalue weighted by Gasteiger charge is 2.19. The summed E-state index contributed by atoms with van der Waals surface area (Å²) in [6.07, 6.45) is 0. The average Bonchev–Trinajstić information content (AvgIpc) is 2.60. The van der Waals surface area contributed by atoms with Gasteiger partial charge in [-0.15, -0.1) is 0 Å². The highest BCUT2D eigenvalue weighted by Crippen LogP contribution is 2.20. The summed E-state index contributed by atoms with van der Waals surface area (Å²) in [6.45, 7) is 3.24. The molecular formula is C9H9N3O3S. The fourth-order valence-corrected chi connectivity index (χ4v) is 2.21. The lowest BCUT2D eigenvalue weighted by Gasteiger charge is -1.97. The molecule has 0 spiro atoms. The molecule has 0 bridgehead atoms. The third-order valence-electron chi connectivity index (χ3n) is 2.13. The van der Waals surface area contributed by atoms with Crippen LogP contribution in [-0.4, -0.2) is 25.7 Å². The van der Waals surface area contributed by atoms with Crippen LogP contribution in [-0.2, 0) is 4.79 Å². The van der Waals surface area contributed by atoms with Crippen LogP contribution < -0.4 is 5.56 Å². The molecule has 0 aliphatic heterocycles. The Balaban J connectivity index is 2.65. The number of rotatable bonds is 2. The number of carboxylic acid groups (broad SMARTS) is 1. The maximum atomic E-state index is 11.5. The van der Waals surface area contributed by atoms with Crippen molar-refractivity contribution in [3.63, 3.8) is 0 Å². The average molecular weight is 239 g/mol. The molecule has 2 rings (SSSR count). The van der Waals surface area contributed by atoms with Gasteiger partial charge in [-0.2, -0.15) is 9.61 Å². The Morgan fingerprint density at radius 1 is 1.62 bits per heavy atom. The van der Waals surface area contributed by atoms with Crippen LogP contribution in [0.5, 0.6) is 0 Å². The zero-order valence-electron chi connectivity index (χ0n) is 8.67. The fourth-order valence-electron chi connectivity index (χ4n) is 1.22. The summed E-state index contributed by atoms with van der Waals surface area (Å²) in [4.78, 5) is 26.9. The van der Waals surface area contributed by atoms with Crippen LogP contribution in [0, 0.1) is 6.92 Å². The van der Waals surface area contributed by atoms with Crippen molar-refractivity contribution in [3.8, 4) is 0 Å². The zero-order chi connectivity index (χ0) is 11.9. The molecule has 0 radical (unpaired) electrons. The van der Waals surface area contributed by atoms with Gasteiger partial charge in [-0.1, -0.05) is 11.3 Å². The lowest BCUT2D eigenvalue weighted by Crippen LogP contribution is -2.15. The molecule has 1 N–H and O–H groups in total. The Hall–Kier alpha value is -1.76. The van der Waals surface area contributed by atoms with E-state index in [0.717, 1.165) is 15.9 Å². The van der Waals surface area contributed by atoms with E-state index in [-0.39, 0.29) is 5.56 Å². The molecule has 1 unspecified atom stereocenters. The molecule has 1 atom stereocenters. The number of nitrogens with zero attached hydrogens (tertiary/aromatic N) is 3. The minimum Gasteiger partial charge on any atom is -0.481 e. The van der Waals surface area contributed by atoms with Gasteiger partial charge in [0.05, 0.1) is 0 Å². The third-order valence-corrected chi connectivity index (χ3v) is 3.22. The molecule has 84 valence electrons. The van der Waals surface area contributed by atoms with Crippen LogP contribution in [0.4, 0.5) is 0 Å². The molecule has 2 aromatic rings. The van der Waals surface area contributed by atoms with Gasteiger partial charge in [0.25, 0.3) is 5.56 Å². The lowest BCUT2D eigenvalue weighted by atomic mass is 10.2. The van der Waals surface area contributed by atoms with Crippen molar-refractivity contribution in [2.24, 2.45) is 0 Å². The Kier molecular flexibility index (Phi) is 2.47. The van der Waals surface area contributed by atoms with E-state index in [4.69, 9.17) is 5.11 Å². The quantitative estimate of drug-likeness (QED) is 0.831. The molecule has 0 amide bonds. The summed E-state index contributed by atoms with van der Waals surface area (Å²) in [5.74, 6) is -1.70. The molecule has 6 nitrogen and oxygen atoms in total. The molecular weight excluding hydrogens is 230 g/mol. The molecule has 0 aliphatic rings. The lowest BCUT2D eigenvalue weighted by molar-refractivity contribution is -0.138. The smallest absolute Gasteiger partial charge is 0.313 e. The number of hydrogen-bond acceptors (Lipinski definition) is 5. The van der Waals surface area contributed by atoms with Gasteiger partial charge in [-0.3, -0.25) is 9.59 Å². The number of aryl methyl sites for hydroxylation is 1. The molecule has 2 aromatic heterocycles. The molecule has 0 saturated carbocycles. The minimum absolute atomic E-state index is 0.289. The van der Waals surface area contributed by atoms with Crippen molar-refractivity contribution in [2.75, 3.05) is 0 Å². The predicted octanol–water partition coefficient (Wildman–Crippen LogP) is 0.648. The minimum atomic E-state index is -0.969. The summed E-state index contributed by atoms with van der Waals surface area (Å²) >= 11 is 1.12. The van der Waals surface area contributed by atoms with Gasteiger partial charge < -0.3 is 5.11 Å². The standard InChI is InChI=1S/C9H9N3O3S/c1-4-3-6(13)12-9(10-4)16-7(11-12)5(2)8(14)15/h3,5H,1-2H3,(H,14,15). The highest BCUT2D eigenvalue weighted by molar-refractivity contribution is 7.16. The Morgan fingerprint density at radius 2 is 2.31 bits per heavy atom. The summed E-state index contributed by atoms with van der Waals surface area (Å²) < 4.78 is 1.13. The largest absolute Gasteiger partial charge is 0.481 e. The van der Waals surface area contributed by atoms with Crippen molar-refractivity contribution in [3.05, 3.63) is 27.1 Å². The molecule has 0 aliphatic carbocycles. The van der Waals surface area contributed by atoms with Gasteiger partial charge >= 0.3 is 5.97 Å². The Morgan fingerprint density at radius 3 is 2.94 bits per heavy atom. The normalized spacial score (nSPS) is 12.9. The second kappa shape index (κ2) is 3.67. The van der Waals surface area contributed by atoms with Crippen LogP contribution in [0.1, 0.15) is 23.5 Å². The molecule has 7 heteroatoms. The number of fused-ring (bicyclic) bond motifs is 1. The van der Waals surface area contributed by atoms with E-state index in [1.165, 1.54) is 13.0 Å². The van der Waals surface area contributed by atoms with Crippen molar-refractivity contribution < 1.29 is 9.90 Å². The van der Waals surface area contributed by atoms with E-state index < -0.39 is 11.9 Å². The van der Waals surface area contributed by atoms with Crippen LogP contribution in [0.2, 0.25) is 0 Å². The summed E-state index contributed by atoms with van der Waals surface area (Å²) in [5, 5.41) is 13.2. The number of aliphatic carboxylic acids is 1. The van der Waals surface area contributed by atoms with E-state index in [9.17, 15) is 9.59 Å². The van der Waals surface area contributed by atoms with E-state index in [0.29, 0.717) is 15.7 Å². The van der Waals surface area contributed by atoms with Gasteiger partial charge in [0.1, 0.15) is 10.9 Å². The SMILES string of the molecule is Cc1cc(=O)n2nc(C(C)C(=O)O)sc2n1. The van der Waals surface area contributed by atoms with E-state index in [1.54, 1.807) is 6.92 Å². The van der Waals surface area contributed by atoms with Crippen LogP contribution in [0.15, 0.2) is 10.9 Å². The van der Waals surface area contributed by atoms with E-state index in [2.05, 4.69) is 10.1 Å². The Bertz CT molecular complexity index is 616. The maximum Gasteiger partial charge on any atom is 0.313 e. The van der Waals surface area contributed by atoms with Gasteiger partial charge in [0.15, 0.2) is 0 Å². The maximum absolute atomic E-state index is 11.5. The summed E-state index contributed by atoms with van der Waals surface area (Å²) in [6, 6.07) is 1.36. The predicted molar refractivity (Wildman–Crippen MR) is 57.9 cm³/mol. The first-order valence-corrected chi connectivity index (χ1v) is 5.41. The number of hydrogen-bond donors (Lipinski definition) is 1. The number of carboxylic acids is 1. The topological polar surface area (TPSA) is 84.6 Å². The second-order valence-corrected chi connectivity index (χ2v) is 4.42. The second-order valence-electron chi connectivity index (χ2n) is 3.43. The monoisotopic (exact) mass is 239 g/mol. The first kappa shape index (κ1) is 10.7. The van der Waals surface area contributed by atoms with Crippen molar-refractivity contribution in [1.29, 1.82) is 0 Å². The number of aromatic nitrogens is 3. The van der Waals surface area contributed by atoms with Crippen LogP contribution >= 0.6 is 11.3 Å². The first-order chi connectivity index (χ1) is 7.49. The summed E-state index contributed by atoms with van der Waals surface area (Å²) in [7, 11) is 0. The molecule has 0 fully saturated rings.